The van der Waals surface area contributed by atoms with Crippen molar-refractivity contribution in [3.63, 3.8) is 0 Å². The summed E-state index contributed by atoms with van der Waals surface area (Å²) in [5.41, 5.74) is 1.17. The maximum Gasteiger partial charge on any atom is 0.119 e. The van der Waals surface area contributed by atoms with Gasteiger partial charge in [-0.15, -0.1) is 0 Å². The highest BCUT2D eigenvalue weighted by molar-refractivity contribution is 6.30. The number of rotatable bonds is 7. The Morgan fingerprint density at radius 3 is 2.19 bits per heavy atom. The Morgan fingerprint density at radius 1 is 1.00 bits per heavy atom. The van der Waals surface area contributed by atoms with Gasteiger partial charge in [0.2, 0.25) is 0 Å². The second kappa shape index (κ2) is 7.91. The van der Waals surface area contributed by atoms with Crippen LogP contribution in [0.4, 0.5) is 0 Å². The first-order chi connectivity index (χ1) is 10.2. The monoisotopic (exact) mass is 305 g/mol. The van der Waals surface area contributed by atoms with Gasteiger partial charge in [-0.3, -0.25) is 0 Å². The van der Waals surface area contributed by atoms with Gasteiger partial charge in [-0.25, -0.2) is 0 Å². The zero-order valence-corrected chi connectivity index (χ0v) is 13.1. The molecule has 0 aliphatic heterocycles. The van der Waals surface area contributed by atoms with Crippen LogP contribution in [0.3, 0.4) is 0 Å². The Morgan fingerprint density at radius 2 is 1.62 bits per heavy atom. The molecule has 2 aromatic carbocycles. The summed E-state index contributed by atoms with van der Waals surface area (Å²) in [5.74, 6) is 1.67. The Kier molecular flexibility index (Phi) is 5.90. The van der Waals surface area contributed by atoms with Gasteiger partial charge in [0.05, 0.1) is 13.2 Å². The van der Waals surface area contributed by atoms with Gasteiger partial charge in [-0.05, 0) is 48.5 Å². The van der Waals surface area contributed by atoms with Crippen molar-refractivity contribution in [3.8, 4) is 11.5 Å². The Bertz CT molecular complexity index is 540. The summed E-state index contributed by atoms with van der Waals surface area (Å²) in [4.78, 5) is 0. The summed E-state index contributed by atoms with van der Waals surface area (Å²) in [6.45, 7) is 3.52. The van der Waals surface area contributed by atoms with Gasteiger partial charge in [0.15, 0.2) is 0 Å². The van der Waals surface area contributed by atoms with Gasteiger partial charge >= 0.3 is 0 Å². The SMILES string of the molecule is CCNC(COc1ccc(Cl)cc1)c1ccc(OC)cc1. The number of hydrogen-bond acceptors (Lipinski definition) is 3. The molecule has 21 heavy (non-hydrogen) atoms. The van der Waals surface area contributed by atoms with Crippen LogP contribution in [0.25, 0.3) is 0 Å². The fourth-order valence-electron chi connectivity index (χ4n) is 2.07. The van der Waals surface area contributed by atoms with Crippen molar-refractivity contribution in [1.29, 1.82) is 0 Å². The molecule has 2 aromatic rings. The highest BCUT2D eigenvalue weighted by Crippen LogP contribution is 2.20. The third-order valence-corrected chi connectivity index (χ3v) is 3.45. The van der Waals surface area contributed by atoms with E-state index >= 15 is 0 Å². The van der Waals surface area contributed by atoms with E-state index in [-0.39, 0.29) is 6.04 Å². The van der Waals surface area contributed by atoms with E-state index in [9.17, 15) is 0 Å². The number of nitrogens with one attached hydrogen (secondary N) is 1. The summed E-state index contributed by atoms with van der Waals surface area (Å²) in [6.07, 6.45) is 0. The van der Waals surface area contributed by atoms with Crippen LogP contribution >= 0.6 is 11.6 Å². The predicted molar refractivity (Wildman–Crippen MR) is 86.4 cm³/mol. The van der Waals surface area contributed by atoms with E-state index in [1.54, 1.807) is 7.11 Å². The van der Waals surface area contributed by atoms with Crippen LogP contribution in [0.2, 0.25) is 5.02 Å². The third kappa shape index (κ3) is 4.66. The van der Waals surface area contributed by atoms with Crippen molar-refractivity contribution < 1.29 is 9.47 Å². The molecular weight excluding hydrogens is 286 g/mol. The lowest BCUT2D eigenvalue weighted by atomic mass is 10.1. The molecule has 0 aliphatic carbocycles. The summed E-state index contributed by atoms with van der Waals surface area (Å²) in [7, 11) is 1.67. The molecule has 0 aromatic heterocycles. The molecule has 0 spiro atoms. The largest absolute Gasteiger partial charge is 0.497 e. The van der Waals surface area contributed by atoms with Gasteiger partial charge in [0.1, 0.15) is 18.1 Å². The highest BCUT2D eigenvalue weighted by atomic mass is 35.5. The van der Waals surface area contributed by atoms with Crippen molar-refractivity contribution in [2.75, 3.05) is 20.3 Å². The molecule has 0 fully saturated rings. The fraction of sp³-hybridized carbons (Fsp3) is 0.294. The highest BCUT2D eigenvalue weighted by Gasteiger charge is 2.11. The number of halogens is 1. The first-order valence-electron chi connectivity index (χ1n) is 6.98. The molecule has 0 aliphatic rings. The lowest BCUT2D eigenvalue weighted by molar-refractivity contribution is 0.268. The van der Waals surface area contributed by atoms with Crippen molar-refractivity contribution in [2.24, 2.45) is 0 Å². The molecule has 1 atom stereocenters. The summed E-state index contributed by atoms with van der Waals surface area (Å²) in [6, 6.07) is 15.6. The minimum absolute atomic E-state index is 0.136. The molecule has 0 radical (unpaired) electrons. The Hall–Kier alpha value is -1.71. The lowest BCUT2D eigenvalue weighted by Crippen LogP contribution is -2.26. The van der Waals surface area contributed by atoms with Crippen LogP contribution in [-0.4, -0.2) is 20.3 Å². The normalized spacial score (nSPS) is 12.0. The van der Waals surface area contributed by atoms with Gasteiger partial charge < -0.3 is 14.8 Å². The second-order valence-electron chi connectivity index (χ2n) is 4.65. The molecule has 1 unspecified atom stereocenters. The molecule has 1 N–H and O–H groups in total. The van der Waals surface area contributed by atoms with E-state index in [4.69, 9.17) is 21.1 Å². The van der Waals surface area contributed by atoms with Crippen molar-refractivity contribution in [2.45, 2.75) is 13.0 Å². The zero-order chi connectivity index (χ0) is 15.1. The molecular formula is C17H20ClNO2. The molecule has 0 saturated heterocycles. The molecule has 0 bridgehead atoms. The van der Waals surface area contributed by atoms with Crippen molar-refractivity contribution in [3.05, 3.63) is 59.1 Å². The molecule has 0 heterocycles. The smallest absolute Gasteiger partial charge is 0.119 e. The van der Waals surface area contributed by atoms with Crippen molar-refractivity contribution >= 4 is 11.6 Å². The van der Waals surface area contributed by atoms with E-state index in [1.807, 2.05) is 36.4 Å². The van der Waals surface area contributed by atoms with Gasteiger partial charge in [0, 0.05) is 5.02 Å². The first-order valence-corrected chi connectivity index (χ1v) is 7.36. The van der Waals surface area contributed by atoms with Gasteiger partial charge in [-0.2, -0.15) is 0 Å². The first kappa shape index (κ1) is 15.7. The average Bonchev–Trinajstić information content (AvgIpc) is 2.53. The molecule has 3 nitrogen and oxygen atoms in total. The summed E-state index contributed by atoms with van der Waals surface area (Å²) < 4.78 is 11.0. The van der Waals surface area contributed by atoms with E-state index in [0.29, 0.717) is 11.6 Å². The van der Waals surface area contributed by atoms with E-state index in [2.05, 4.69) is 24.4 Å². The predicted octanol–water partition coefficient (Wildman–Crippen LogP) is 4.08. The van der Waals surface area contributed by atoms with Crippen LogP contribution in [-0.2, 0) is 0 Å². The topological polar surface area (TPSA) is 30.5 Å². The number of ether oxygens (including phenoxy) is 2. The quantitative estimate of drug-likeness (QED) is 0.836. The Balaban J connectivity index is 2.02. The molecule has 4 heteroatoms. The minimum Gasteiger partial charge on any atom is -0.497 e. The van der Waals surface area contributed by atoms with Crippen LogP contribution in [0.15, 0.2) is 48.5 Å². The molecule has 0 saturated carbocycles. The van der Waals surface area contributed by atoms with Crippen LogP contribution < -0.4 is 14.8 Å². The Labute approximate surface area is 130 Å². The fourth-order valence-corrected chi connectivity index (χ4v) is 2.19. The van der Waals surface area contributed by atoms with Crippen LogP contribution in [0, 0.1) is 0 Å². The molecule has 0 amide bonds. The molecule has 2 rings (SSSR count). The number of methoxy groups -OCH3 is 1. The number of likely N-dealkylation sites (N-methyl/N-ethyl adjacent to an activating group) is 1. The van der Waals surface area contributed by atoms with E-state index in [0.717, 1.165) is 18.0 Å². The number of hydrogen-bond donors (Lipinski definition) is 1. The molecule has 112 valence electrons. The number of benzene rings is 2. The van der Waals surface area contributed by atoms with Crippen LogP contribution in [0.1, 0.15) is 18.5 Å². The zero-order valence-electron chi connectivity index (χ0n) is 12.3. The van der Waals surface area contributed by atoms with Crippen molar-refractivity contribution in [1.82, 2.24) is 5.32 Å². The summed E-state index contributed by atoms with van der Waals surface area (Å²) in [5, 5.41) is 4.14. The van der Waals surface area contributed by atoms with Gasteiger partial charge in [0.25, 0.3) is 0 Å². The lowest BCUT2D eigenvalue weighted by Gasteiger charge is -2.19. The van der Waals surface area contributed by atoms with Gasteiger partial charge in [-0.1, -0.05) is 30.7 Å². The maximum absolute atomic E-state index is 5.87. The van der Waals surface area contributed by atoms with E-state index < -0.39 is 0 Å². The maximum atomic E-state index is 5.87. The van der Waals surface area contributed by atoms with E-state index in [1.165, 1.54) is 5.56 Å². The average molecular weight is 306 g/mol. The third-order valence-electron chi connectivity index (χ3n) is 3.20. The summed E-state index contributed by atoms with van der Waals surface area (Å²) >= 11 is 5.87. The minimum atomic E-state index is 0.136. The second-order valence-corrected chi connectivity index (χ2v) is 5.08. The van der Waals surface area contributed by atoms with Crippen LogP contribution in [0.5, 0.6) is 11.5 Å². The standard InChI is InChI=1S/C17H20ClNO2/c1-3-19-17(13-4-8-15(20-2)9-5-13)12-21-16-10-6-14(18)7-11-16/h4-11,17,19H,3,12H2,1-2H3.